The van der Waals surface area contributed by atoms with Crippen molar-refractivity contribution in [3.8, 4) is 0 Å². The number of aliphatic hydroxyl groups is 1. The van der Waals surface area contributed by atoms with Crippen LogP contribution in [-0.4, -0.2) is 47.8 Å². The van der Waals surface area contributed by atoms with E-state index in [1.54, 1.807) is 0 Å². The lowest BCUT2D eigenvalue weighted by molar-refractivity contribution is -0.170. The highest BCUT2D eigenvalue weighted by Crippen LogP contribution is 2.67. The highest BCUT2D eigenvalue weighted by atomic mass is 16.6. The number of esters is 1. The second-order valence-corrected chi connectivity index (χ2v) is 13.6. The lowest BCUT2D eigenvalue weighted by Gasteiger charge is -2.62. The van der Waals surface area contributed by atoms with Crippen molar-refractivity contribution in [2.24, 2.45) is 46.3 Å². The molecular weight excluding hydrogens is 398 g/mol. The fourth-order valence-electron chi connectivity index (χ4n) is 9.01. The van der Waals surface area contributed by atoms with E-state index in [9.17, 15) is 9.90 Å². The first kappa shape index (κ1) is 24.5. The smallest absolute Gasteiger partial charge is 0.306 e. The summed E-state index contributed by atoms with van der Waals surface area (Å²) in [7, 11) is 2.25. The normalized spacial score (nSPS) is 45.5. The molecule has 0 radical (unpaired) electrons. The Morgan fingerprint density at radius 2 is 1.81 bits per heavy atom. The zero-order valence-electron chi connectivity index (χ0n) is 21.8. The third-order valence-corrected chi connectivity index (χ3v) is 10.6. The van der Waals surface area contributed by atoms with E-state index in [1.165, 1.54) is 38.6 Å². The highest BCUT2D eigenvalue weighted by molar-refractivity contribution is 5.69. The van der Waals surface area contributed by atoms with Crippen molar-refractivity contribution < 1.29 is 14.6 Å². The fraction of sp³-hybridized carbons (Fsp3) is 0.964. The SMILES string of the molecule is C[C@H](CCC(=O)OC(C)(C)C)[C@H]1CC[C@H]2[C@@H]3[C@@H](O)C[C@@H]4CN(C)CC[C@]4(C)[C@H]3CC[C@]12C. The number of carbonyl (C=O) groups is 1. The van der Waals surface area contributed by atoms with Gasteiger partial charge in [-0.3, -0.25) is 4.79 Å². The first-order valence-electron chi connectivity index (χ1n) is 13.4. The molecule has 4 nitrogen and oxygen atoms in total. The van der Waals surface area contributed by atoms with E-state index in [0.717, 1.165) is 19.4 Å². The second kappa shape index (κ2) is 8.56. The molecule has 0 aromatic rings. The average molecular weight is 448 g/mol. The summed E-state index contributed by atoms with van der Waals surface area (Å²) in [6, 6.07) is 0. The number of rotatable bonds is 4. The van der Waals surface area contributed by atoms with Crippen LogP contribution in [0, 0.1) is 46.3 Å². The van der Waals surface area contributed by atoms with Crippen molar-refractivity contribution in [1.82, 2.24) is 4.90 Å². The molecule has 4 aliphatic rings. The summed E-state index contributed by atoms with van der Waals surface area (Å²) in [5.41, 5.74) is 0.310. The lowest BCUT2D eigenvalue weighted by atomic mass is 9.44. The molecule has 0 bridgehead atoms. The molecule has 3 saturated carbocycles. The van der Waals surface area contributed by atoms with Crippen molar-refractivity contribution >= 4 is 5.97 Å². The van der Waals surface area contributed by atoms with Crippen LogP contribution in [0.15, 0.2) is 0 Å². The molecule has 3 aliphatic carbocycles. The third-order valence-electron chi connectivity index (χ3n) is 10.6. The van der Waals surface area contributed by atoms with Gasteiger partial charge in [-0.05, 0) is 126 Å². The summed E-state index contributed by atoms with van der Waals surface area (Å²) in [5, 5.41) is 11.4. The van der Waals surface area contributed by atoms with E-state index in [-0.39, 0.29) is 12.1 Å². The molecule has 0 aromatic carbocycles. The van der Waals surface area contributed by atoms with Crippen LogP contribution in [0.4, 0.5) is 0 Å². The van der Waals surface area contributed by atoms with Gasteiger partial charge in [0.25, 0.3) is 0 Å². The molecule has 1 N–H and O–H groups in total. The molecule has 1 aliphatic heterocycles. The maximum absolute atomic E-state index is 12.3. The quantitative estimate of drug-likeness (QED) is 0.576. The van der Waals surface area contributed by atoms with Crippen LogP contribution in [-0.2, 0) is 9.53 Å². The third kappa shape index (κ3) is 4.28. The van der Waals surface area contributed by atoms with E-state index >= 15 is 0 Å². The first-order valence-corrected chi connectivity index (χ1v) is 13.4. The van der Waals surface area contributed by atoms with Crippen molar-refractivity contribution in [2.75, 3.05) is 20.1 Å². The van der Waals surface area contributed by atoms with Gasteiger partial charge < -0.3 is 14.7 Å². The number of fused-ring (bicyclic) bond motifs is 5. The van der Waals surface area contributed by atoms with Gasteiger partial charge in [0.15, 0.2) is 0 Å². The average Bonchev–Trinajstić information content (AvgIpc) is 3.03. The lowest BCUT2D eigenvalue weighted by Crippen LogP contribution is -2.60. The zero-order valence-corrected chi connectivity index (χ0v) is 21.8. The van der Waals surface area contributed by atoms with Gasteiger partial charge in [0.1, 0.15) is 5.60 Å². The Balaban J connectivity index is 1.46. The molecule has 32 heavy (non-hydrogen) atoms. The summed E-state index contributed by atoms with van der Waals surface area (Å²) >= 11 is 0. The Morgan fingerprint density at radius 3 is 2.50 bits per heavy atom. The number of ether oxygens (including phenoxy) is 1. The monoisotopic (exact) mass is 447 g/mol. The van der Waals surface area contributed by atoms with E-state index < -0.39 is 5.60 Å². The van der Waals surface area contributed by atoms with Gasteiger partial charge in [-0.25, -0.2) is 0 Å². The topological polar surface area (TPSA) is 49.8 Å². The van der Waals surface area contributed by atoms with Gasteiger partial charge in [-0.2, -0.15) is 0 Å². The van der Waals surface area contributed by atoms with Crippen LogP contribution in [0.3, 0.4) is 0 Å². The molecule has 0 amide bonds. The molecular formula is C28H49NO3. The minimum Gasteiger partial charge on any atom is -0.460 e. The van der Waals surface area contributed by atoms with Crippen LogP contribution in [0.2, 0.25) is 0 Å². The first-order chi connectivity index (χ1) is 14.8. The minimum atomic E-state index is -0.401. The Hall–Kier alpha value is -0.610. The van der Waals surface area contributed by atoms with Crippen molar-refractivity contribution in [3.63, 3.8) is 0 Å². The van der Waals surface area contributed by atoms with E-state index in [4.69, 9.17) is 4.74 Å². The van der Waals surface area contributed by atoms with Crippen LogP contribution in [0.25, 0.3) is 0 Å². The molecule has 9 atom stereocenters. The summed E-state index contributed by atoms with van der Waals surface area (Å²) in [4.78, 5) is 14.8. The van der Waals surface area contributed by atoms with Gasteiger partial charge in [0, 0.05) is 13.0 Å². The number of likely N-dealkylation sites (tertiary alicyclic amines) is 1. The summed E-state index contributed by atoms with van der Waals surface area (Å²) in [5.74, 6) is 3.57. The zero-order chi connectivity index (χ0) is 23.5. The molecule has 1 saturated heterocycles. The van der Waals surface area contributed by atoms with E-state index in [1.807, 2.05) is 20.8 Å². The molecule has 0 spiro atoms. The van der Waals surface area contributed by atoms with Crippen LogP contribution < -0.4 is 0 Å². The van der Waals surface area contributed by atoms with Crippen LogP contribution in [0.1, 0.15) is 92.9 Å². The summed E-state index contributed by atoms with van der Waals surface area (Å²) in [6.07, 6.45) is 8.69. The molecule has 4 fully saturated rings. The number of aliphatic hydroxyl groups excluding tert-OH is 1. The standard InChI is InChI=1S/C28H49NO3/c1-18(8-11-24(31)32-26(2,3)4)20-9-10-21-25-22(12-13-28(20,21)6)27(5)14-15-29(7)17-19(27)16-23(25)30/h18-23,25,30H,8-17H2,1-7H3/t18-,19-,20-,21+,22+,23+,25+,27+,28-/m1/s1. The highest BCUT2D eigenvalue weighted by Gasteiger charge is 2.62. The van der Waals surface area contributed by atoms with Crippen LogP contribution >= 0.6 is 0 Å². The number of carbonyl (C=O) groups excluding carboxylic acids is 1. The fourth-order valence-corrected chi connectivity index (χ4v) is 9.01. The Labute approximate surface area is 196 Å². The minimum absolute atomic E-state index is 0.0586. The second-order valence-electron chi connectivity index (χ2n) is 13.6. The number of hydrogen-bond donors (Lipinski definition) is 1. The maximum atomic E-state index is 12.3. The largest absolute Gasteiger partial charge is 0.460 e. The Morgan fingerprint density at radius 1 is 1.12 bits per heavy atom. The molecule has 0 unspecified atom stereocenters. The molecule has 1 heterocycles. The van der Waals surface area contributed by atoms with Crippen LogP contribution in [0.5, 0.6) is 0 Å². The molecule has 184 valence electrons. The van der Waals surface area contributed by atoms with Gasteiger partial charge in [0.05, 0.1) is 6.10 Å². The number of hydrogen-bond acceptors (Lipinski definition) is 4. The van der Waals surface area contributed by atoms with E-state index in [0.29, 0.717) is 52.8 Å². The van der Waals surface area contributed by atoms with Crippen molar-refractivity contribution in [2.45, 2.75) is 105 Å². The predicted molar refractivity (Wildman–Crippen MR) is 129 cm³/mol. The summed E-state index contributed by atoms with van der Waals surface area (Å²) in [6.45, 7) is 15.7. The molecule has 4 rings (SSSR count). The number of nitrogens with zero attached hydrogens (tertiary/aromatic N) is 1. The molecule has 0 aromatic heterocycles. The van der Waals surface area contributed by atoms with Gasteiger partial charge in [-0.15, -0.1) is 0 Å². The number of piperidine rings is 1. The van der Waals surface area contributed by atoms with Crippen molar-refractivity contribution in [3.05, 3.63) is 0 Å². The predicted octanol–water partition coefficient (Wildman–Crippen LogP) is 5.53. The van der Waals surface area contributed by atoms with Crippen molar-refractivity contribution in [1.29, 1.82) is 0 Å². The van der Waals surface area contributed by atoms with E-state index in [2.05, 4.69) is 32.7 Å². The maximum Gasteiger partial charge on any atom is 0.306 e. The van der Waals surface area contributed by atoms with Gasteiger partial charge in [-0.1, -0.05) is 20.8 Å². The summed E-state index contributed by atoms with van der Waals surface area (Å²) < 4.78 is 5.56. The van der Waals surface area contributed by atoms with Gasteiger partial charge >= 0.3 is 5.97 Å². The van der Waals surface area contributed by atoms with Gasteiger partial charge in [0.2, 0.25) is 0 Å². The Kier molecular flexibility index (Phi) is 6.55. The molecule has 4 heteroatoms. The Bertz CT molecular complexity index is 701.